The first kappa shape index (κ1) is 12.6. The van der Waals surface area contributed by atoms with Gasteiger partial charge in [0.25, 0.3) is 0 Å². The Kier molecular flexibility index (Phi) is 2.89. The molecular weight excluding hydrogens is 276 g/mol. The molecule has 3 aromatic heterocycles. The lowest BCUT2D eigenvalue weighted by molar-refractivity contribution is 0.547. The molecule has 4 aromatic rings. The molecular formula is C17H14N4O. The first-order valence-corrected chi connectivity index (χ1v) is 7.03. The normalized spacial score (nSPS) is 11.0. The number of hydrogen-bond acceptors (Lipinski definition) is 4. The number of nitrogens with one attached hydrogen (secondary N) is 1. The molecule has 0 aliphatic carbocycles. The van der Waals surface area contributed by atoms with Crippen LogP contribution in [0.3, 0.4) is 0 Å². The third kappa shape index (κ3) is 2.13. The lowest BCUT2D eigenvalue weighted by atomic mass is 10.3. The lowest BCUT2D eigenvalue weighted by Gasteiger charge is -2.07. The summed E-state index contributed by atoms with van der Waals surface area (Å²) < 4.78 is 7.65. The summed E-state index contributed by atoms with van der Waals surface area (Å²) in [5.41, 5.74) is 1.73. The van der Waals surface area contributed by atoms with E-state index in [1.165, 1.54) is 0 Å². The van der Waals surface area contributed by atoms with E-state index in [0.717, 1.165) is 28.7 Å². The first-order chi connectivity index (χ1) is 10.8. The summed E-state index contributed by atoms with van der Waals surface area (Å²) in [6.07, 6.45) is 3.66. The van der Waals surface area contributed by atoms with Gasteiger partial charge in [0.2, 0.25) is 5.78 Å². The van der Waals surface area contributed by atoms with E-state index in [9.17, 15) is 0 Å². The summed E-state index contributed by atoms with van der Waals surface area (Å²) in [6, 6.07) is 15.7. The molecule has 0 saturated heterocycles. The number of hydrogen-bond donors (Lipinski definition) is 1. The van der Waals surface area contributed by atoms with Crippen molar-refractivity contribution in [2.24, 2.45) is 0 Å². The molecule has 0 radical (unpaired) electrons. The summed E-state index contributed by atoms with van der Waals surface area (Å²) in [7, 11) is 0. The van der Waals surface area contributed by atoms with Gasteiger partial charge in [0.05, 0.1) is 0 Å². The van der Waals surface area contributed by atoms with Crippen LogP contribution >= 0.6 is 0 Å². The molecule has 0 bridgehead atoms. The van der Waals surface area contributed by atoms with Crippen LogP contribution in [0.1, 0.15) is 5.76 Å². The molecule has 0 unspecified atom stereocenters. The Balaban J connectivity index is 1.90. The molecule has 1 aromatic carbocycles. The van der Waals surface area contributed by atoms with Crippen molar-refractivity contribution in [2.45, 2.75) is 6.92 Å². The third-order valence-electron chi connectivity index (χ3n) is 3.41. The minimum atomic E-state index is 0.630. The predicted molar refractivity (Wildman–Crippen MR) is 85.2 cm³/mol. The summed E-state index contributed by atoms with van der Waals surface area (Å²) in [5, 5.41) is 3.40. The number of anilines is 2. The molecule has 1 N–H and O–H groups in total. The van der Waals surface area contributed by atoms with E-state index in [2.05, 4.69) is 15.3 Å². The number of aromatic nitrogens is 3. The van der Waals surface area contributed by atoms with Crippen LogP contribution < -0.4 is 5.32 Å². The smallest absolute Gasteiger partial charge is 0.236 e. The summed E-state index contributed by atoms with van der Waals surface area (Å²) in [4.78, 5) is 8.89. The number of rotatable bonds is 3. The zero-order valence-corrected chi connectivity index (χ0v) is 12.0. The zero-order valence-electron chi connectivity index (χ0n) is 12.0. The molecule has 0 aliphatic rings. The van der Waals surface area contributed by atoms with Crippen molar-refractivity contribution >= 4 is 17.3 Å². The van der Waals surface area contributed by atoms with Gasteiger partial charge >= 0.3 is 0 Å². The van der Waals surface area contributed by atoms with Crippen LogP contribution in [0, 0.1) is 6.92 Å². The van der Waals surface area contributed by atoms with Gasteiger partial charge in [0.1, 0.15) is 11.6 Å². The molecule has 0 fully saturated rings. The van der Waals surface area contributed by atoms with Crippen LogP contribution in [0.25, 0.3) is 17.2 Å². The SMILES string of the molecule is Cc1ccc(-c2nc3ncccn3c2Nc2ccccc2)o1. The number of nitrogens with zero attached hydrogens (tertiary/aromatic N) is 3. The van der Waals surface area contributed by atoms with Gasteiger partial charge < -0.3 is 9.73 Å². The van der Waals surface area contributed by atoms with Crippen molar-refractivity contribution in [1.29, 1.82) is 0 Å². The molecule has 4 rings (SSSR count). The van der Waals surface area contributed by atoms with E-state index in [1.807, 2.05) is 66.1 Å². The van der Waals surface area contributed by atoms with Crippen molar-refractivity contribution in [3.63, 3.8) is 0 Å². The zero-order chi connectivity index (χ0) is 14.9. The molecule has 5 heteroatoms. The second-order valence-corrected chi connectivity index (χ2v) is 5.00. The second kappa shape index (κ2) is 5.04. The predicted octanol–water partition coefficient (Wildman–Crippen LogP) is 4.04. The number of furan rings is 1. The van der Waals surface area contributed by atoms with Crippen LogP contribution in [0.5, 0.6) is 0 Å². The number of para-hydroxylation sites is 1. The van der Waals surface area contributed by atoms with Crippen molar-refractivity contribution < 1.29 is 4.42 Å². The summed E-state index contributed by atoms with van der Waals surface area (Å²) in [5.74, 6) is 3.04. The average molecular weight is 290 g/mol. The highest BCUT2D eigenvalue weighted by atomic mass is 16.3. The van der Waals surface area contributed by atoms with E-state index in [1.54, 1.807) is 6.20 Å². The minimum absolute atomic E-state index is 0.630. The molecule has 0 aliphatic heterocycles. The van der Waals surface area contributed by atoms with E-state index >= 15 is 0 Å². The molecule has 0 saturated carbocycles. The van der Waals surface area contributed by atoms with Crippen LogP contribution in [0.4, 0.5) is 11.5 Å². The Morgan fingerprint density at radius 3 is 2.68 bits per heavy atom. The van der Waals surface area contributed by atoms with Crippen LogP contribution in [0.15, 0.2) is 65.3 Å². The fourth-order valence-corrected chi connectivity index (χ4v) is 2.40. The van der Waals surface area contributed by atoms with E-state index in [4.69, 9.17) is 4.42 Å². The Bertz CT molecular complexity index is 924. The fraction of sp³-hybridized carbons (Fsp3) is 0.0588. The molecule has 0 spiro atoms. The summed E-state index contributed by atoms with van der Waals surface area (Å²) in [6.45, 7) is 1.92. The quantitative estimate of drug-likeness (QED) is 0.618. The van der Waals surface area contributed by atoms with Crippen molar-refractivity contribution in [3.8, 4) is 11.5 Å². The topological polar surface area (TPSA) is 55.4 Å². The highest BCUT2D eigenvalue weighted by Gasteiger charge is 2.17. The number of imidazole rings is 1. The number of aryl methyl sites for hydroxylation is 1. The highest BCUT2D eigenvalue weighted by molar-refractivity contribution is 5.76. The van der Waals surface area contributed by atoms with Gasteiger partial charge in [-0.05, 0) is 37.3 Å². The van der Waals surface area contributed by atoms with Gasteiger partial charge in [-0.25, -0.2) is 9.97 Å². The molecule has 0 amide bonds. The van der Waals surface area contributed by atoms with Gasteiger partial charge in [-0.3, -0.25) is 4.40 Å². The van der Waals surface area contributed by atoms with Crippen molar-refractivity contribution in [1.82, 2.24) is 14.4 Å². The Morgan fingerprint density at radius 2 is 1.91 bits per heavy atom. The maximum atomic E-state index is 5.73. The summed E-state index contributed by atoms with van der Waals surface area (Å²) >= 11 is 0. The molecule has 3 heterocycles. The highest BCUT2D eigenvalue weighted by Crippen LogP contribution is 2.31. The molecule has 5 nitrogen and oxygen atoms in total. The second-order valence-electron chi connectivity index (χ2n) is 5.00. The van der Waals surface area contributed by atoms with Gasteiger partial charge in [0.15, 0.2) is 11.5 Å². The van der Waals surface area contributed by atoms with Gasteiger partial charge in [0, 0.05) is 18.1 Å². The van der Waals surface area contributed by atoms with E-state index in [-0.39, 0.29) is 0 Å². The minimum Gasteiger partial charge on any atom is -0.460 e. The van der Waals surface area contributed by atoms with Crippen molar-refractivity contribution in [2.75, 3.05) is 5.32 Å². The van der Waals surface area contributed by atoms with Crippen LogP contribution in [0.2, 0.25) is 0 Å². The van der Waals surface area contributed by atoms with E-state index < -0.39 is 0 Å². The van der Waals surface area contributed by atoms with Crippen molar-refractivity contribution in [3.05, 3.63) is 66.7 Å². The number of benzene rings is 1. The maximum Gasteiger partial charge on any atom is 0.236 e. The molecule has 22 heavy (non-hydrogen) atoms. The first-order valence-electron chi connectivity index (χ1n) is 7.03. The molecule has 108 valence electrons. The third-order valence-corrected chi connectivity index (χ3v) is 3.41. The number of fused-ring (bicyclic) bond motifs is 1. The maximum absolute atomic E-state index is 5.73. The van der Waals surface area contributed by atoms with Gasteiger partial charge in [-0.2, -0.15) is 0 Å². The van der Waals surface area contributed by atoms with Crippen LogP contribution in [-0.2, 0) is 0 Å². The Morgan fingerprint density at radius 1 is 1.05 bits per heavy atom. The largest absolute Gasteiger partial charge is 0.460 e. The lowest BCUT2D eigenvalue weighted by Crippen LogP contribution is -1.96. The monoisotopic (exact) mass is 290 g/mol. The standard InChI is InChI=1S/C17H14N4O/c1-12-8-9-14(22-12)15-16(19-13-6-3-2-4-7-13)21-11-5-10-18-17(21)20-15/h2-11,19H,1H3. The van der Waals surface area contributed by atoms with Crippen LogP contribution in [-0.4, -0.2) is 14.4 Å². The Labute approximate surface area is 127 Å². The van der Waals surface area contributed by atoms with Gasteiger partial charge in [-0.1, -0.05) is 18.2 Å². The molecule has 0 atom stereocenters. The Hall–Kier alpha value is -3.08. The van der Waals surface area contributed by atoms with Gasteiger partial charge in [-0.15, -0.1) is 0 Å². The van der Waals surface area contributed by atoms with E-state index in [0.29, 0.717) is 5.78 Å². The average Bonchev–Trinajstić information content (AvgIpc) is 3.13. The fourth-order valence-electron chi connectivity index (χ4n) is 2.40.